The van der Waals surface area contributed by atoms with Gasteiger partial charge in [0.05, 0.1) is 16.6 Å². The number of fused-ring (bicyclic) bond motifs is 5. The molecule has 0 N–H and O–H groups in total. The zero-order valence-corrected chi connectivity index (χ0v) is 15.3. The fraction of sp³-hybridized carbons (Fsp3) is 0.286. The molecule has 0 atom stereocenters. The smallest absolute Gasteiger partial charge is 0.157 e. The molecule has 4 heterocycles. The summed E-state index contributed by atoms with van der Waals surface area (Å²) in [5.41, 5.74) is 3.96. The van der Waals surface area contributed by atoms with Crippen molar-refractivity contribution in [3.05, 3.63) is 48.0 Å². The Morgan fingerprint density at radius 2 is 1.81 bits per heavy atom. The maximum absolute atomic E-state index is 9.59. The molecule has 4 aromatic rings. The predicted molar refractivity (Wildman–Crippen MR) is 107 cm³/mol. The SMILES string of the molecule is CCN1CCN(c2ccc3cc(C#N)c4nc5ccccc5n4c3n2)CC1. The molecule has 1 saturated heterocycles. The van der Waals surface area contributed by atoms with Crippen LogP contribution in [0, 0.1) is 11.3 Å². The van der Waals surface area contributed by atoms with Crippen LogP contribution in [0.4, 0.5) is 5.82 Å². The molecule has 0 spiro atoms. The van der Waals surface area contributed by atoms with E-state index in [0.717, 1.165) is 60.6 Å². The Bertz CT molecular complexity index is 1190. The van der Waals surface area contributed by atoms with Crippen molar-refractivity contribution < 1.29 is 0 Å². The topological polar surface area (TPSA) is 60.5 Å². The molecule has 1 aromatic carbocycles. The van der Waals surface area contributed by atoms with E-state index in [4.69, 9.17) is 4.98 Å². The average molecular weight is 356 g/mol. The zero-order valence-electron chi connectivity index (χ0n) is 15.3. The van der Waals surface area contributed by atoms with Crippen LogP contribution in [0.3, 0.4) is 0 Å². The molecule has 6 heteroatoms. The van der Waals surface area contributed by atoms with Gasteiger partial charge >= 0.3 is 0 Å². The molecule has 1 fully saturated rings. The van der Waals surface area contributed by atoms with Crippen LogP contribution in [-0.2, 0) is 0 Å². The first-order chi connectivity index (χ1) is 13.3. The molecular formula is C21H20N6. The predicted octanol–water partition coefficient (Wildman–Crippen LogP) is 3.05. The Kier molecular flexibility index (Phi) is 3.69. The number of hydrogen-bond acceptors (Lipinski definition) is 5. The molecule has 5 rings (SSSR count). The first-order valence-corrected chi connectivity index (χ1v) is 9.37. The van der Waals surface area contributed by atoms with Crippen molar-refractivity contribution in [2.45, 2.75) is 6.92 Å². The van der Waals surface area contributed by atoms with Crippen molar-refractivity contribution in [3.63, 3.8) is 0 Å². The van der Waals surface area contributed by atoms with E-state index in [1.165, 1.54) is 0 Å². The van der Waals surface area contributed by atoms with E-state index in [1.54, 1.807) is 0 Å². The fourth-order valence-corrected chi connectivity index (χ4v) is 3.93. The summed E-state index contributed by atoms with van der Waals surface area (Å²) in [7, 11) is 0. The standard InChI is InChI=1S/C21H20N6/c1-2-25-9-11-26(12-10-25)19-8-7-15-13-16(14-22)21-23-17-5-3-4-6-18(17)27(21)20(15)24-19/h3-8,13H,2,9-12H2,1H3. The Labute approximate surface area is 157 Å². The van der Waals surface area contributed by atoms with Crippen LogP contribution in [0.25, 0.3) is 27.7 Å². The van der Waals surface area contributed by atoms with E-state index < -0.39 is 0 Å². The zero-order chi connectivity index (χ0) is 18.4. The number of aromatic nitrogens is 3. The number of hydrogen-bond donors (Lipinski definition) is 0. The van der Waals surface area contributed by atoms with Gasteiger partial charge in [0.25, 0.3) is 0 Å². The highest BCUT2D eigenvalue weighted by atomic mass is 15.3. The summed E-state index contributed by atoms with van der Waals surface area (Å²) in [6, 6.07) is 16.3. The molecule has 0 saturated carbocycles. The average Bonchev–Trinajstić information content (AvgIpc) is 3.13. The molecule has 27 heavy (non-hydrogen) atoms. The van der Waals surface area contributed by atoms with E-state index in [-0.39, 0.29) is 0 Å². The number of piperazine rings is 1. The molecule has 1 aliphatic rings. The quantitative estimate of drug-likeness (QED) is 0.552. The number of benzene rings is 1. The summed E-state index contributed by atoms with van der Waals surface area (Å²) >= 11 is 0. The fourth-order valence-electron chi connectivity index (χ4n) is 3.93. The summed E-state index contributed by atoms with van der Waals surface area (Å²) in [5.74, 6) is 0.988. The van der Waals surface area contributed by atoms with Crippen molar-refractivity contribution >= 4 is 33.5 Å². The molecule has 0 bridgehead atoms. The summed E-state index contributed by atoms with van der Waals surface area (Å²) < 4.78 is 2.02. The van der Waals surface area contributed by atoms with Gasteiger partial charge in [-0.3, -0.25) is 4.40 Å². The van der Waals surface area contributed by atoms with Gasteiger partial charge < -0.3 is 9.80 Å². The van der Waals surface area contributed by atoms with E-state index in [9.17, 15) is 5.26 Å². The van der Waals surface area contributed by atoms with Crippen LogP contribution in [0.15, 0.2) is 42.5 Å². The third kappa shape index (κ3) is 2.51. The molecule has 0 unspecified atom stereocenters. The Hall–Kier alpha value is -3.17. The van der Waals surface area contributed by atoms with Crippen molar-refractivity contribution in [2.24, 2.45) is 0 Å². The number of para-hydroxylation sites is 2. The Morgan fingerprint density at radius 1 is 1.00 bits per heavy atom. The second-order valence-corrected chi connectivity index (χ2v) is 6.93. The van der Waals surface area contributed by atoms with Crippen molar-refractivity contribution in [3.8, 4) is 6.07 Å². The Morgan fingerprint density at radius 3 is 2.59 bits per heavy atom. The molecule has 6 nitrogen and oxygen atoms in total. The molecule has 134 valence electrons. The Balaban J connectivity index is 1.72. The largest absolute Gasteiger partial charge is 0.354 e. The van der Waals surface area contributed by atoms with E-state index >= 15 is 0 Å². The maximum Gasteiger partial charge on any atom is 0.157 e. The number of anilines is 1. The van der Waals surface area contributed by atoms with Gasteiger partial charge in [0.15, 0.2) is 5.65 Å². The maximum atomic E-state index is 9.59. The van der Waals surface area contributed by atoms with Crippen LogP contribution in [-0.4, -0.2) is 52.0 Å². The van der Waals surface area contributed by atoms with Crippen molar-refractivity contribution in [1.82, 2.24) is 19.3 Å². The van der Waals surface area contributed by atoms with Gasteiger partial charge in [0.2, 0.25) is 0 Å². The summed E-state index contributed by atoms with van der Waals surface area (Å²) in [6.45, 7) is 7.39. The van der Waals surface area contributed by atoms with Gasteiger partial charge in [-0.25, -0.2) is 9.97 Å². The lowest BCUT2D eigenvalue weighted by molar-refractivity contribution is 0.270. The molecule has 0 amide bonds. The second kappa shape index (κ2) is 6.22. The lowest BCUT2D eigenvalue weighted by Gasteiger charge is -2.34. The van der Waals surface area contributed by atoms with Crippen LogP contribution in [0.1, 0.15) is 12.5 Å². The third-order valence-electron chi connectivity index (χ3n) is 5.47. The summed E-state index contributed by atoms with van der Waals surface area (Å²) in [4.78, 5) is 14.5. The minimum absolute atomic E-state index is 0.574. The number of nitriles is 1. The van der Waals surface area contributed by atoms with Crippen LogP contribution < -0.4 is 4.90 Å². The van der Waals surface area contributed by atoms with Gasteiger partial charge in [0, 0.05) is 31.6 Å². The number of pyridine rings is 2. The van der Waals surface area contributed by atoms with Crippen molar-refractivity contribution in [2.75, 3.05) is 37.6 Å². The molecular weight excluding hydrogens is 336 g/mol. The normalized spacial score (nSPS) is 15.6. The van der Waals surface area contributed by atoms with Crippen LogP contribution >= 0.6 is 0 Å². The minimum Gasteiger partial charge on any atom is -0.354 e. The van der Waals surface area contributed by atoms with E-state index in [2.05, 4.69) is 39.9 Å². The first-order valence-electron chi connectivity index (χ1n) is 9.37. The number of rotatable bonds is 2. The first kappa shape index (κ1) is 16.0. The molecule has 1 aliphatic heterocycles. The van der Waals surface area contributed by atoms with Gasteiger partial charge in [-0.05, 0) is 36.9 Å². The van der Waals surface area contributed by atoms with Gasteiger partial charge in [-0.15, -0.1) is 0 Å². The number of nitrogens with zero attached hydrogens (tertiary/aromatic N) is 6. The number of likely N-dealkylation sites (N-methyl/N-ethyl adjacent to an activating group) is 1. The minimum atomic E-state index is 0.574. The van der Waals surface area contributed by atoms with Gasteiger partial charge in [-0.2, -0.15) is 5.26 Å². The lowest BCUT2D eigenvalue weighted by Crippen LogP contribution is -2.46. The van der Waals surface area contributed by atoms with Crippen LogP contribution in [0.2, 0.25) is 0 Å². The molecule has 0 aliphatic carbocycles. The summed E-state index contributed by atoms with van der Waals surface area (Å²) in [6.07, 6.45) is 0. The second-order valence-electron chi connectivity index (χ2n) is 6.93. The highest BCUT2D eigenvalue weighted by Crippen LogP contribution is 2.27. The number of imidazole rings is 1. The van der Waals surface area contributed by atoms with Gasteiger partial charge in [0.1, 0.15) is 17.5 Å². The molecule has 0 radical (unpaired) electrons. The molecule has 3 aromatic heterocycles. The monoisotopic (exact) mass is 356 g/mol. The summed E-state index contributed by atoms with van der Waals surface area (Å²) in [5, 5.41) is 10.5. The highest BCUT2D eigenvalue weighted by molar-refractivity contribution is 5.91. The highest BCUT2D eigenvalue weighted by Gasteiger charge is 2.19. The lowest BCUT2D eigenvalue weighted by atomic mass is 10.2. The van der Waals surface area contributed by atoms with Gasteiger partial charge in [-0.1, -0.05) is 19.1 Å². The van der Waals surface area contributed by atoms with Crippen molar-refractivity contribution in [1.29, 1.82) is 5.26 Å². The van der Waals surface area contributed by atoms with Crippen LogP contribution in [0.5, 0.6) is 0 Å². The van der Waals surface area contributed by atoms with E-state index in [1.807, 2.05) is 34.7 Å². The van der Waals surface area contributed by atoms with E-state index in [0.29, 0.717) is 11.2 Å². The third-order valence-corrected chi connectivity index (χ3v) is 5.47.